The number of ether oxygens (including phenoxy) is 1. The third-order valence-electron chi connectivity index (χ3n) is 6.58. The Kier molecular flexibility index (Phi) is 7.24. The summed E-state index contributed by atoms with van der Waals surface area (Å²) in [5, 5.41) is 0. The van der Waals surface area contributed by atoms with Crippen LogP contribution in [-0.2, 0) is 29.0 Å². The predicted molar refractivity (Wildman–Crippen MR) is 123 cm³/mol. The molecule has 4 nitrogen and oxygen atoms in total. The number of nitrogens with zero attached hydrogens (tertiary/aromatic N) is 2. The molecule has 0 amide bonds. The van der Waals surface area contributed by atoms with E-state index < -0.39 is 0 Å². The first-order valence-electron chi connectivity index (χ1n) is 11.4. The Labute approximate surface area is 184 Å². The summed E-state index contributed by atoms with van der Waals surface area (Å²) in [6, 6.07) is 15.0. The van der Waals surface area contributed by atoms with Crippen molar-refractivity contribution in [2.75, 3.05) is 32.8 Å². The van der Waals surface area contributed by atoms with Crippen molar-refractivity contribution in [1.29, 1.82) is 0 Å². The van der Waals surface area contributed by atoms with Crippen molar-refractivity contribution >= 4 is 17.3 Å². The Morgan fingerprint density at radius 1 is 0.933 bits per heavy atom. The van der Waals surface area contributed by atoms with E-state index in [9.17, 15) is 4.79 Å². The van der Waals surface area contributed by atoms with Gasteiger partial charge in [-0.25, -0.2) is 0 Å². The van der Waals surface area contributed by atoms with Gasteiger partial charge >= 0.3 is 5.97 Å². The highest BCUT2D eigenvalue weighted by atomic mass is 32.1. The van der Waals surface area contributed by atoms with Gasteiger partial charge < -0.3 is 4.74 Å². The number of rotatable bonds is 8. The minimum absolute atomic E-state index is 0.0162. The number of carbonyl (C=O) groups is 1. The summed E-state index contributed by atoms with van der Waals surface area (Å²) in [7, 11) is 0. The lowest BCUT2D eigenvalue weighted by Crippen LogP contribution is -2.46. The molecule has 0 saturated carbocycles. The molecule has 2 fully saturated rings. The van der Waals surface area contributed by atoms with E-state index in [2.05, 4.69) is 46.2 Å². The molecule has 0 radical (unpaired) electrons. The molecule has 0 unspecified atom stereocenters. The van der Waals surface area contributed by atoms with Crippen molar-refractivity contribution in [1.82, 2.24) is 9.80 Å². The first kappa shape index (κ1) is 21.5. The lowest BCUT2D eigenvalue weighted by Gasteiger charge is -2.40. The largest absolute Gasteiger partial charge is 0.466 e. The molecular formula is C25H34N2O2S. The predicted octanol–water partition coefficient (Wildman–Crippen LogP) is 4.73. The Bertz CT molecular complexity index is 806. The molecule has 2 aliphatic heterocycles. The van der Waals surface area contributed by atoms with Gasteiger partial charge in [0.2, 0.25) is 0 Å². The van der Waals surface area contributed by atoms with Gasteiger partial charge in [0.05, 0.1) is 12.0 Å². The van der Waals surface area contributed by atoms with Crippen molar-refractivity contribution in [2.45, 2.75) is 52.1 Å². The van der Waals surface area contributed by atoms with E-state index in [4.69, 9.17) is 4.74 Å². The molecule has 30 heavy (non-hydrogen) atoms. The van der Waals surface area contributed by atoms with Crippen LogP contribution in [0.15, 0.2) is 42.5 Å². The molecule has 0 spiro atoms. The van der Waals surface area contributed by atoms with Crippen LogP contribution in [0.4, 0.5) is 0 Å². The SMILES string of the molecule is CCOC(=O)C1(Cc2ccccc2)CCN(Cc2ccc(CN3CCCC3)s2)CC1. The van der Waals surface area contributed by atoms with Gasteiger partial charge in [-0.1, -0.05) is 30.3 Å². The standard InChI is InChI=1S/C25H34N2O2S/c1-2-29-24(28)25(18-21-8-4-3-5-9-21)12-16-27(17-13-25)20-23-11-10-22(30-23)19-26-14-6-7-15-26/h3-5,8-11H,2,6-7,12-20H2,1H3. The summed E-state index contributed by atoms with van der Waals surface area (Å²) in [6.45, 7) is 8.85. The van der Waals surface area contributed by atoms with Gasteiger partial charge in [-0.2, -0.15) is 0 Å². The summed E-state index contributed by atoms with van der Waals surface area (Å²) < 4.78 is 5.52. The first-order chi connectivity index (χ1) is 14.7. The monoisotopic (exact) mass is 426 g/mol. The number of benzene rings is 1. The Hall–Kier alpha value is -1.69. The van der Waals surface area contributed by atoms with Crippen LogP contribution in [0.5, 0.6) is 0 Å². The zero-order valence-corrected chi connectivity index (χ0v) is 19.0. The van der Waals surface area contributed by atoms with E-state index in [1.54, 1.807) is 0 Å². The van der Waals surface area contributed by atoms with Crippen LogP contribution in [0.2, 0.25) is 0 Å². The molecule has 1 aromatic carbocycles. The van der Waals surface area contributed by atoms with Crippen LogP contribution in [0.1, 0.15) is 47.9 Å². The number of carbonyl (C=O) groups excluding carboxylic acids is 1. The van der Waals surface area contributed by atoms with Gasteiger partial charge in [-0.05, 0) is 82.9 Å². The Morgan fingerprint density at radius 2 is 1.53 bits per heavy atom. The molecule has 4 rings (SSSR count). The molecule has 162 valence electrons. The molecule has 5 heteroatoms. The topological polar surface area (TPSA) is 32.8 Å². The summed E-state index contributed by atoms with van der Waals surface area (Å²) in [5.74, 6) is -0.0162. The summed E-state index contributed by atoms with van der Waals surface area (Å²) in [6.07, 6.45) is 5.20. The van der Waals surface area contributed by atoms with E-state index in [1.807, 2.05) is 24.3 Å². The molecule has 2 aliphatic rings. The third kappa shape index (κ3) is 5.32. The van der Waals surface area contributed by atoms with Gasteiger partial charge in [-0.3, -0.25) is 14.6 Å². The molecule has 0 aliphatic carbocycles. The highest BCUT2D eigenvalue weighted by Crippen LogP contribution is 2.37. The van der Waals surface area contributed by atoms with Crippen molar-refractivity contribution in [2.24, 2.45) is 5.41 Å². The maximum absolute atomic E-state index is 12.9. The van der Waals surface area contributed by atoms with Crippen molar-refractivity contribution in [3.05, 3.63) is 57.8 Å². The number of piperidine rings is 1. The average molecular weight is 427 g/mol. The molecular weight excluding hydrogens is 392 g/mol. The van der Waals surface area contributed by atoms with Crippen LogP contribution in [0.25, 0.3) is 0 Å². The Balaban J connectivity index is 1.35. The third-order valence-corrected chi connectivity index (χ3v) is 7.64. The van der Waals surface area contributed by atoms with E-state index in [1.165, 1.54) is 41.2 Å². The fourth-order valence-corrected chi connectivity index (χ4v) is 5.94. The van der Waals surface area contributed by atoms with Gasteiger partial charge in [0.15, 0.2) is 0 Å². The number of hydrogen-bond acceptors (Lipinski definition) is 5. The maximum Gasteiger partial charge on any atom is 0.312 e. The van der Waals surface area contributed by atoms with Crippen molar-refractivity contribution in [3.8, 4) is 0 Å². The number of hydrogen-bond donors (Lipinski definition) is 0. The van der Waals surface area contributed by atoms with Crippen LogP contribution in [0, 0.1) is 5.41 Å². The van der Waals surface area contributed by atoms with Crippen molar-refractivity contribution in [3.63, 3.8) is 0 Å². The molecule has 0 bridgehead atoms. The maximum atomic E-state index is 12.9. The highest BCUT2D eigenvalue weighted by Gasteiger charge is 2.42. The fraction of sp³-hybridized carbons (Fsp3) is 0.560. The highest BCUT2D eigenvalue weighted by molar-refractivity contribution is 7.11. The molecule has 2 aromatic rings. The number of likely N-dealkylation sites (tertiary alicyclic amines) is 2. The summed E-state index contributed by atoms with van der Waals surface area (Å²) in [5.41, 5.74) is 0.841. The van der Waals surface area contributed by atoms with Gasteiger partial charge in [0.25, 0.3) is 0 Å². The van der Waals surface area contributed by atoms with Gasteiger partial charge in [0.1, 0.15) is 0 Å². The molecule has 0 N–H and O–H groups in total. The van der Waals surface area contributed by atoms with Gasteiger partial charge in [0, 0.05) is 22.8 Å². The minimum atomic E-state index is -0.385. The molecule has 3 heterocycles. The second-order valence-electron chi connectivity index (χ2n) is 8.79. The first-order valence-corrected chi connectivity index (χ1v) is 12.2. The number of esters is 1. The second kappa shape index (κ2) is 10.1. The van der Waals surface area contributed by atoms with E-state index in [0.29, 0.717) is 6.61 Å². The summed E-state index contributed by atoms with van der Waals surface area (Å²) in [4.78, 5) is 20.9. The van der Waals surface area contributed by atoms with Crippen molar-refractivity contribution < 1.29 is 9.53 Å². The van der Waals surface area contributed by atoms with E-state index >= 15 is 0 Å². The molecule has 2 saturated heterocycles. The smallest absolute Gasteiger partial charge is 0.312 e. The summed E-state index contributed by atoms with van der Waals surface area (Å²) >= 11 is 1.96. The second-order valence-corrected chi connectivity index (χ2v) is 10.0. The van der Waals surface area contributed by atoms with E-state index in [-0.39, 0.29) is 11.4 Å². The fourth-order valence-electron chi connectivity index (χ4n) is 4.84. The lowest BCUT2D eigenvalue weighted by atomic mass is 9.73. The van der Waals surface area contributed by atoms with E-state index in [0.717, 1.165) is 45.4 Å². The van der Waals surface area contributed by atoms with Crippen LogP contribution < -0.4 is 0 Å². The quantitative estimate of drug-likeness (QED) is 0.571. The molecule has 0 atom stereocenters. The number of thiophene rings is 1. The van der Waals surface area contributed by atoms with Crippen LogP contribution >= 0.6 is 11.3 Å². The average Bonchev–Trinajstić information content (AvgIpc) is 3.43. The normalized spacial score (nSPS) is 19.8. The minimum Gasteiger partial charge on any atom is -0.466 e. The lowest BCUT2D eigenvalue weighted by molar-refractivity contribution is -0.158. The van der Waals surface area contributed by atoms with Gasteiger partial charge in [-0.15, -0.1) is 11.3 Å². The van der Waals surface area contributed by atoms with Crippen LogP contribution in [-0.4, -0.2) is 48.6 Å². The Morgan fingerprint density at radius 3 is 2.13 bits per heavy atom. The zero-order valence-electron chi connectivity index (χ0n) is 18.1. The van der Waals surface area contributed by atoms with Crippen LogP contribution in [0.3, 0.4) is 0 Å². The molecule has 1 aromatic heterocycles. The zero-order chi connectivity index (χ0) is 20.8.